The van der Waals surface area contributed by atoms with Crippen LogP contribution in [0.15, 0.2) is 42.6 Å². The second-order valence-electron chi connectivity index (χ2n) is 3.86. The van der Waals surface area contributed by atoms with Crippen molar-refractivity contribution >= 4 is 23.2 Å². The minimum atomic E-state index is -0.302. The highest BCUT2D eigenvalue weighted by Crippen LogP contribution is 2.20. The molecule has 0 unspecified atom stereocenters. The van der Waals surface area contributed by atoms with Crippen LogP contribution < -0.4 is 11.1 Å². The Labute approximate surface area is 122 Å². The topological polar surface area (TPSA) is 68.0 Å². The van der Waals surface area contributed by atoms with Crippen molar-refractivity contribution in [2.24, 2.45) is 5.73 Å². The summed E-state index contributed by atoms with van der Waals surface area (Å²) in [6.07, 6.45) is 1.56. The van der Waals surface area contributed by atoms with E-state index in [0.29, 0.717) is 22.0 Å². The van der Waals surface area contributed by atoms with Gasteiger partial charge in [0.05, 0.1) is 12.2 Å². The lowest BCUT2D eigenvalue weighted by atomic mass is 10.1. The third-order valence-corrected chi connectivity index (χ3v) is 2.69. The lowest BCUT2D eigenvalue weighted by Gasteiger charge is -2.07. The minimum Gasteiger partial charge on any atom is -0.320 e. The van der Waals surface area contributed by atoms with Gasteiger partial charge in [0.15, 0.2) is 0 Å². The molecule has 4 nitrogen and oxygen atoms in total. The highest BCUT2D eigenvalue weighted by Gasteiger charge is 2.09. The van der Waals surface area contributed by atoms with Gasteiger partial charge in [-0.3, -0.25) is 9.78 Å². The lowest BCUT2D eigenvalue weighted by molar-refractivity contribution is 0.102. The molecule has 3 N–H and O–H groups in total. The highest BCUT2D eigenvalue weighted by atomic mass is 35.5. The number of pyridine rings is 1. The van der Waals surface area contributed by atoms with Crippen molar-refractivity contribution in [3.63, 3.8) is 0 Å². The fourth-order valence-corrected chi connectivity index (χ4v) is 1.73. The van der Waals surface area contributed by atoms with Crippen LogP contribution in [-0.4, -0.2) is 17.4 Å². The third-order valence-electron chi connectivity index (χ3n) is 2.45. The van der Waals surface area contributed by atoms with Crippen molar-refractivity contribution in [1.29, 1.82) is 0 Å². The number of hydrogen-bond acceptors (Lipinski definition) is 3. The van der Waals surface area contributed by atoms with E-state index in [1.54, 1.807) is 42.6 Å². The SMILES string of the molecule is NCC#Cc1cc(Cl)ccc1NC(=O)c1ccccn1. The molecule has 0 spiro atoms. The van der Waals surface area contributed by atoms with Crippen LogP contribution in [-0.2, 0) is 0 Å². The fraction of sp³-hybridized carbons (Fsp3) is 0.0667. The number of benzene rings is 1. The summed E-state index contributed by atoms with van der Waals surface area (Å²) in [6, 6.07) is 10.2. The normalized spacial score (nSPS) is 9.50. The minimum absolute atomic E-state index is 0.236. The van der Waals surface area contributed by atoms with E-state index in [-0.39, 0.29) is 12.5 Å². The Morgan fingerprint density at radius 1 is 1.35 bits per heavy atom. The molecule has 0 atom stereocenters. The van der Waals surface area contributed by atoms with E-state index < -0.39 is 0 Å². The van der Waals surface area contributed by atoms with Crippen LogP contribution in [0.25, 0.3) is 0 Å². The number of carbonyl (C=O) groups is 1. The van der Waals surface area contributed by atoms with Gasteiger partial charge in [-0.1, -0.05) is 29.5 Å². The van der Waals surface area contributed by atoms with Crippen molar-refractivity contribution < 1.29 is 4.79 Å². The molecule has 2 rings (SSSR count). The molecule has 1 heterocycles. The Kier molecular flexibility index (Phi) is 4.72. The zero-order chi connectivity index (χ0) is 14.4. The Balaban J connectivity index is 2.27. The van der Waals surface area contributed by atoms with Gasteiger partial charge in [-0.25, -0.2) is 0 Å². The standard InChI is InChI=1S/C15H12ClN3O/c16-12-6-7-13(11(10-12)4-3-8-17)19-15(20)14-5-1-2-9-18-14/h1-2,5-7,9-10H,8,17H2,(H,19,20). The van der Waals surface area contributed by atoms with Crippen molar-refractivity contribution in [3.05, 3.63) is 58.9 Å². The molecule has 0 aliphatic rings. The molecule has 2 aromatic rings. The number of nitrogens with one attached hydrogen (secondary N) is 1. The maximum Gasteiger partial charge on any atom is 0.274 e. The number of nitrogens with two attached hydrogens (primary N) is 1. The van der Waals surface area contributed by atoms with Crippen LogP contribution in [0.5, 0.6) is 0 Å². The van der Waals surface area contributed by atoms with Crippen molar-refractivity contribution in [2.45, 2.75) is 0 Å². The number of aromatic nitrogens is 1. The Morgan fingerprint density at radius 2 is 2.20 bits per heavy atom. The molecular formula is C15H12ClN3O. The zero-order valence-electron chi connectivity index (χ0n) is 10.6. The molecule has 0 saturated heterocycles. The van der Waals surface area contributed by atoms with Gasteiger partial charge in [-0.05, 0) is 30.3 Å². The average molecular weight is 286 g/mol. The summed E-state index contributed by atoms with van der Waals surface area (Å²) in [4.78, 5) is 16.0. The summed E-state index contributed by atoms with van der Waals surface area (Å²) in [5.74, 6) is 5.31. The van der Waals surface area contributed by atoms with Gasteiger partial charge in [0.2, 0.25) is 0 Å². The molecule has 0 bridgehead atoms. The van der Waals surface area contributed by atoms with Gasteiger partial charge in [0, 0.05) is 16.8 Å². The second kappa shape index (κ2) is 6.71. The molecule has 0 aliphatic carbocycles. The number of anilines is 1. The van der Waals surface area contributed by atoms with E-state index in [2.05, 4.69) is 22.1 Å². The molecule has 0 saturated carbocycles. The van der Waals surface area contributed by atoms with E-state index in [0.717, 1.165) is 0 Å². The second-order valence-corrected chi connectivity index (χ2v) is 4.30. The van der Waals surface area contributed by atoms with Crippen LogP contribution in [0, 0.1) is 11.8 Å². The molecule has 0 radical (unpaired) electrons. The molecule has 0 aliphatic heterocycles. The van der Waals surface area contributed by atoms with Gasteiger partial charge < -0.3 is 11.1 Å². The fourth-order valence-electron chi connectivity index (χ4n) is 1.56. The molecule has 1 aromatic heterocycles. The lowest BCUT2D eigenvalue weighted by Crippen LogP contribution is -2.14. The quantitative estimate of drug-likeness (QED) is 0.832. The Morgan fingerprint density at radius 3 is 2.90 bits per heavy atom. The molecular weight excluding hydrogens is 274 g/mol. The van der Waals surface area contributed by atoms with Crippen LogP contribution >= 0.6 is 11.6 Å². The maximum absolute atomic E-state index is 12.0. The molecule has 1 aromatic carbocycles. The average Bonchev–Trinajstić information content (AvgIpc) is 2.48. The number of amides is 1. The van der Waals surface area contributed by atoms with Crippen LogP contribution in [0.3, 0.4) is 0 Å². The largest absolute Gasteiger partial charge is 0.320 e. The maximum atomic E-state index is 12.0. The van der Waals surface area contributed by atoms with E-state index in [1.165, 1.54) is 0 Å². The van der Waals surface area contributed by atoms with E-state index in [1.807, 2.05) is 0 Å². The predicted molar refractivity (Wildman–Crippen MR) is 79.6 cm³/mol. The summed E-state index contributed by atoms with van der Waals surface area (Å²) in [5.41, 5.74) is 6.88. The van der Waals surface area contributed by atoms with Gasteiger partial charge in [-0.2, -0.15) is 0 Å². The van der Waals surface area contributed by atoms with Gasteiger partial charge in [-0.15, -0.1) is 0 Å². The summed E-state index contributed by atoms with van der Waals surface area (Å²) in [7, 11) is 0. The number of hydrogen-bond donors (Lipinski definition) is 2. The van der Waals surface area contributed by atoms with Crippen LogP contribution in [0.2, 0.25) is 5.02 Å². The number of rotatable bonds is 2. The first-order chi connectivity index (χ1) is 9.70. The number of halogens is 1. The zero-order valence-corrected chi connectivity index (χ0v) is 11.3. The van der Waals surface area contributed by atoms with E-state index >= 15 is 0 Å². The van der Waals surface area contributed by atoms with Gasteiger partial charge in [0.1, 0.15) is 5.69 Å². The third kappa shape index (κ3) is 3.58. The van der Waals surface area contributed by atoms with Crippen molar-refractivity contribution in [2.75, 3.05) is 11.9 Å². The van der Waals surface area contributed by atoms with Crippen molar-refractivity contribution in [3.8, 4) is 11.8 Å². The van der Waals surface area contributed by atoms with E-state index in [9.17, 15) is 4.79 Å². The first kappa shape index (κ1) is 14.1. The molecule has 100 valence electrons. The number of nitrogens with zero attached hydrogens (tertiary/aromatic N) is 1. The Bertz CT molecular complexity index is 675. The van der Waals surface area contributed by atoms with Crippen molar-refractivity contribution in [1.82, 2.24) is 4.98 Å². The Hall–Kier alpha value is -2.35. The summed E-state index contributed by atoms with van der Waals surface area (Å²) < 4.78 is 0. The highest BCUT2D eigenvalue weighted by molar-refractivity contribution is 6.30. The predicted octanol–water partition coefficient (Wildman–Crippen LogP) is 2.30. The van der Waals surface area contributed by atoms with E-state index in [4.69, 9.17) is 17.3 Å². The monoisotopic (exact) mass is 285 g/mol. The molecule has 1 amide bonds. The molecule has 20 heavy (non-hydrogen) atoms. The van der Waals surface area contributed by atoms with Gasteiger partial charge >= 0.3 is 0 Å². The number of carbonyl (C=O) groups excluding carboxylic acids is 1. The summed E-state index contributed by atoms with van der Waals surface area (Å²) >= 11 is 5.93. The molecule has 0 fully saturated rings. The van der Waals surface area contributed by atoms with Crippen LogP contribution in [0.1, 0.15) is 16.1 Å². The summed E-state index contributed by atoms with van der Waals surface area (Å²) in [6.45, 7) is 0.236. The molecule has 5 heteroatoms. The smallest absolute Gasteiger partial charge is 0.274 e. The van der Waals surface area contributed by atoms with Gasteiger partial charge in [0.25, 0.3) is 5.91 Å². The first-order valence-electron chi connectivity index (χ1n) is 5.91. The first-order valence-corrected chi connectivity index (χ1v) is 6.29. The summed E-state index contributed by atoms with van der Waals surface area (Å²) in [5, 5.41) is 3.30. The van der Waals surface area contributed by atoms with Crippen LogP contribution in [0.4, 0.5) is 5.69 Å².